The summed E-state index contributed by atoms with van der Waals surface area (Å²) in [6, 6.07) is 9.07. The molecule has 1 saturated carbocycles. The van der Waals surface area contributed by atoms with Crippen LogP contribution < -0.4 is 5.32 Å². The number of hydrogen-bond acceptors (Lipinski definition) is 1. The summed E-state index contributed by atoms with van der Waals surface area (Å²) in [5, 5.41) is 3.61. The second kappa shape index (κ2) is 7.83. The van der Waals surface area contributed by atoms with Gasteiger partial charge >= 0.3 is 0 Å². The molecule has 0 saturated heterocycles. The summed E-state index contributed by atoms with van der Waals surface area (Å²) in [6.07, 6.45) is 7.15. The molecule has 1 aliphatic carbocycles. The van der Waals surface area contributed by atoms with E-state index in [1.54, 1.807) is 0 Å². The summed E-state index contributed by atoms with van der Waals surface area (Å²) in [4.78, 5) is 0. The number of benzene rings is 1. The molecule has 0 aliphatic heterocycles. The third kappa shape index (κ3) is 4.94. The Kier molecular flexibility index (Phi) is 6.09. The van der Waals surface area contributed by atoms with Gasteiger partial charge in [0.05, 0.1) is 0 Å². The molecule has 0 bridgehead atoms. The second-order valence-corrected chi connectivity index (χ2v) is 6.99. The summed E-state index contributed by atoms with van der Waals surface area (Å²) >= 11 is 0. The van der Waals surface area contributed by atoms with Crippen molar-refractivity contribution in [3.05, 3.63) is 35.4 Å². The fourth-order valence-electron chi connectivity index (χ4n) is 3.18. The lowest BCUT2D eigenvalue weighted by molar-refractivity contribution is 0.275. The minimum Gasteiger partial charge on any atom is -0.313 e. The number of rotatable bonds is 6. The van der Waals surface area contributed by atoms with Crippen molar-refractivity contribution in [1.82, 2.24) is 5.32 Å². The van der Waals surface area contributed by atoms with Crippen LogP contribution in [0, 0.1) is 11.8 Å². The first kappa shape index (κ1) is 15.6. The van der Waals surface area contributed by atoms with Crippen LogP contribution in [-0.4, -0.2) is 6.54 Å². The number of hydrogen-bond donors (Lipinski definition) is 1. The zero-order valence-electron chi connectivity index (χ0n) is 13.5. The third-order valence-corrected chi connectivity index (χ3v) is 4.84. The summed E-state index contributed by atoms with van der Waals surface area (Å²) in [6.45, 7) is 9.08. The van der Waals surface area contributed by atoms with Crippen LogP contribution >= 0.6 is 0 Å². The van der Waals surface area contributed by atoms with Gasteiger partial charge in [-0.2, -0.15) is 0 Å². The zero-order chi connectivity index (χ0) is 14.4. The van der Waals surface area contributed by atoms with E-state index in [4.69, 9.17) is 0 Å². The molecule has 0 atom stereocenters. The molecule has 0 amide bonds. The summed E-state index contributed by atoms with van der Waals surface area (Å²) < 4.78 is 0. The average molecular weight is 273 g/mol. The van der Waals surface area contributed by atoms with Crippen molar-refractivity contribution >= 4 is 0 Å². The summed E-state index contributed by atoms with van der Waals surface area (Å²) in [5.41, 5.74) is 2.84. The van der Waals surface area contributed by atoms with Gasteiger partial charge in [0.15, 0.2) is 0 Å². The molecular formula is C19H31N. The number of nitrogens with one attached hydrogen (secondary N) is 1. The van der Waals surface area contributed by atoms with Crippen molar-refractivity contribution in [3.8, 4) is 0 Å². The van der Waals surface area contributed by atoms with Gasteiger partial charge < -0.3 is 5.32 Å². The van der Waals surface area contributed by atoms with Gasteiger partial charge in [-0.25, -0.2) is 0 Å². The SMILES string of the molecule is CC1CCC(CCNCc2ccc(C(C)C)cc2)CC1. The molecule has 2 rings (SSSR count). The van der Waals surface area contributed by atoms with E-state index in [2.05, 4.69) is 50.4 Å². The highest BCUT2D eigenvalue weighted by Crippen LogP contribution is 2.29. The molecule has 1 aromatic carbocycles. The van der Waals surface area contributed by atoms with Gasteiger partial charge in [0.2, 0.25) is 0 Å². The standard InChI is InChI=1S/C19H31N/c1-15(2)19-10-8-18(9-11-19)14-20-13-12-17-6-4-16(3)5-7-17/h8-11,15-17,20H,4-7,12-14H2,1-3H3. The topological polar surface area (TPSA) is 12.0 Å². The van der Waals surface area contributed by atoms with Gasteiger partial charge in [-0.1, -0.05) is 70.7 Å². The van der Waals surface area contributed by atoms with Crippen molar-refractivity contribution in [1.29, 1.82) is 0 Å². The van der Waals surface area contributed by atoms with E-state index in [-0.39, 0.29) is 0 Å². The molecule has 1 nitrogen and oxygen atoms in total. The van der Waals surface area contributed by atoms with Crippen LogP contribution in [-0.2, 0) is 6.54 Å². The van der Waals surface area contributed by atoms with E-state index < -0.39 is 0 Å². The van der Waals surface area contributed by atoms with Crippen molar-refractivity contribution in [3.63, 3.8) is 0 Å². The lowest BCUT2D eigenvalue weighted by Crippen LogP contribution is -2.20. The predicted molar refractivity (Wildman–Crippen MR) is 88.0 cm³/mol. The molecule has 20 heavy (non-hydrogen) atoms. The Morgan fingerprint density at radius 3 is 2.30 bits per heavy atom. The Bertz CT molecular complexity index is 371. The molecule has 0 aromatic heterocycles. The fourth-order valence-corrected chi connectivity index (χ4v) is 3.18. The van der Waals surface area contributed by atoms with Gasteiger partial charge in [-0.05, 0) is 41.8 Å². The van der Waals surface area contributed by atoms with Crippen molar-refractivity contribution in [2.45, 2.75) is 65.3 Å². The van der Waals surface area contributed by atoms with E-state index >= 15 is 0 Å². The average Bonchev–Trinajstić information content (AvgIpc) is 2.46. The predicted octanol–water partition coefficient (Wildman–Crippen LogP) is 5.12. The highest BCUT2D eigenvalue weighted by molar-refractivity contribution is 5.24. The maximum Gasteiger partial charge on any atom is 0.0205 e. The van der Waals surface area contributed by atoms with Gasteiger partial charge in [-0.3, -0.25) is 0 Å². The molecule has 1 N–H and O–H groups in total. The van der Waals surface area contributed by atoms with Crippen molar-refractivity contribution < 1.29 is 0 Å². The molecular weight excluding hydrogens is 242 g/mol. The Labute approximate surface area is 125 Å². The zero-order valence-corrected chi connectivity index (χ0v) is 13.5. The lowest BCUT2D eigenvalue weighted by Gasteiger charge is -2.26. The van der Waals surface area contributed by atoms with Crippen molar-refractivity contribution in [2.75, 3.05) is 6.54 Å². The van der Waals surface area contributed by atoms with Crippen molar-refractivity contribution in [2.24, 2.45) is 11.8 Å². The molecule has 0 heterocycles. The smallest absolute Gasteiger partial charge is 0.0205 e. The maximum atomic E-state index is 3.61. The molecule has 0 radical (unpaired) electrons. The second-order valence-electron chi connectivity index (χ2n) is 6.99. The maximum absolute atomic E-state index is 3.61. The molecule has 112 valence electrons. The van der Waals surface area contributed by atoms with E-state index in [0.717, 1.165) is 18.4 Å². The Morgan fingerprint density at radius 2 is 1.70 bits per heavy atom. The molecule has 1 aromatic rings. The van der Waals surface area contributed by atoms with E-state index in [1.807, 2.05) is 0 Å². The molecule has 0 unspecified atom stereocenters. The first-order valence-corrected chi connectivity index (χ1v) is 8.44. The quantitative estimate of drug-likeness (QED) is 0.710. The highest BCUT2D eigenvalue weighted by atomic mass is 14.8. The minimum absolute atomic E-state index is 0.630. The fraction of sp³-hybridized carbons (Fsp3) is 0.684. The van der Waals surface area contributed by atoms with Gasteiger partial charge in [0.25, 0.3) is 0 Å². The van der Waals surface area contributed by atoms with Gasteiger partial charge in [0, 0.05) is 6.54 Å². The van der Waals surface area contributed by atoms with Crippen LogP contribution in [0.1, 0.15) is 69.9 Å². The molecule has 0 spiro atoms. The van der Waals surface area contributed by atoms with Crippen LogP contribution in [0.15, 0.2) is 24.3 Å². The van der Waals surface area contributed by atoms with Crippen LogP contribution in [0.25, 0.3) is 0 Å². The van der Waals surface area contributed by atoms with Crippen LogP contribution in [0.3, 0.4) is 0 Å². The lowest BCUT2D eigenvalue weighted by atomic mass is 9.81. The molecule has 1 fully saturated rings. The highest BCUT2D eigenvalue weighted by Gasteiger charge is 2.17. The largest absolute Gasteiger partial charge is 0.313 e. The van der Waals surface area contributed by atoms with E-state index in [1.165, 1.54) is 49.8 Å². The van der Waals surface area contributed by atoms with Gasteiger partial charge in [0.1, 0.15) is 0 Å². The summed E-state index contributed by atoms with van der Waals surface area (Å²) in [5.74, 6) is 2.58. The Balaban J connectivity index is 1.63. The van der Waals surface area contributed by atoms with Gasteiger partial charge in [-0.15, -0.1) is 0 Å². The first-order valence-electron chi connectivity index (χ1n) is 8.44. The van der Waals surface area contributed by atoms with E-state index in [9.17, 15) is 0 Å². The molecule has 1 aliphatic rings. The van der Waals surface area contributed by atoms with Crippen LogP contribution in [0.4, 0.5) is 0 Å². The summed E-state index contributed by atoms with van der Waals surface area (Å²) in [7, 11) is 0. The first-order chi connectivity index (χ1) is 9.65. The third-order valence-electron chi connectivity index (χ3n) is 4.84. The normalized spacial score (nSPS) is 23.2. The van der Waals surface area contributed by atoms with E-state index in [0.29, 0.717) is 5.92 Å². The minimum atomic E-state index is 0.630. The molecule has 1 heteroatoms. The van der Waals surface area contributed by atoms with Crippen LogP contribution in [0.5, 0.6) is 0 Å². The Hall–Kier alpha value is -0.820. The Morgan fingerprint density at radius 1 is 1.05 bits per heavy atom. The monoisotopic (exact) mass is 273 g/mol. The van der Waals surface area contributed by atoms with Crippen LogP contribution in [0.2, 0.25) is 0 Å².